The molecule has 0 fully saturated rings. The monoisotopic (exact) mass is 543 g/mol. The third-order valence-electron chi connectivity index (χ3n) is 5.22. The van der Waals surface area contributed by atoms with Crippen LogP contribution in [0.3, 0.4) is 0 Å². The molecule has 0 saturated heterocycles. The van der Waals surface area contributed by atoms with Gasteiger partial charge < -0.3 is 10.1 Å². The van der Waals surface area contributed by atoms with Crippen LogP contribution in [0.1, 0.15) is 32.7 Å². The van der Waals surface area contributed by atoms with E-state index in [2.05, 4.69) is 26.3 Å². The molecule has 0 aliphatic heterocycles. The number of anilines is 1. The molecule has 0 aliphatic carbocycles. The number of aromatic nitrogens is 2. The van der Waals surface area contributed by atoms with Gasteiger partial charge in [-0.2, -0.15) is 18.3 Å². The van der Waals surface area contributed by atoms with E-state index >= 15 is 0 Å². The van der Waals surface area contributed by atoms with Crippen LogP contribution in [0.25, 0.3) is 0 Å². The van der Waals surface area contributed by atoms with Crippen LogP contribution in [0.15, 0.2) is 83.3 Å². The zero-order chi connectivity index (χ0) is 25.0. The second-order valence-electron chi connectivity index (χ2n) is 7.92. The summed E-state index contributed by atoms with van der Waals surface area (Å²) in [5, 5.41) is 7.09. The van der Waals surface area contributed by atoms with Crippen LogP contribution in [-0.2, 0) is 19.3 Å². The van der Waals surface area contributed by atoms with Crippen molar-refractivity contribution in [2.75, 3.05) is 5.32 Å². The predicted molar refractivity (Wildman–Crippen MR) is 130 cm³/mol. The van der Waals surface area contributed by atoms with E-state index in [0.29, 0.717) is 35.0 Å². The van der Waals surface area contributed by atoms with Gasteiger partial charge >= 0.3 is 6.18 Å². The molecule has 0 unspecified atom stereocenters. The Morgan fingerprint density at radius 3 is 2.46 bits per heavy atom. The SMILES string of the molecule is Cc1cc(NC(=O)c2cccc(COc3ccc(Br)cc3)c2)nn1Cc1cccc(C(F)(F)F)c1. The summed E-state index contributed by atoms with van der Waals surface area (Å²) in [6, 6.07) is 21.3. The third kappa shape index (κ3) is 6.51. The quantitative estimate of drug-likeness (QED) is 0.277. The van der Waals surface area contributed by atoms with E-state index in [9.17, 15) is 18.0 Å². The lowest BCUT2D eigenvalue weighted by atomic mass is 10.1. The summed E-state index contributed by atoms with van der Waals surface area (Å²) >= 11 is 3.38. The summed E-state index contributed by atoms with van der Waals surface area (Å²) in [7, 11) is 0. The molecule has 1 N–H and O–H groups in total. The van der Waals surface area contributed by atoms with E-state index in [4.69, 9.17) is 4.74 Å². The first-order valence-electron chi connectivity index (χ1n) is 10.7. The van der Waals surface area contributed by atoms with Gasteiger partial charge in [-0.25, -0.2) is 0 Å². The fourth-order valence-corrected chi connectivity index (χ4v) is 3.70. The first-order chi connectivity index (χ1) is 16.7. The standard InChI is InChI=1S/C26H21BrF3N3O2/c1-17-12-24(32-33(17)15-18-4-3-7-21(14-18)26(28,29)30)31-25(34)20-6-2-5-19(13-20)16-35-23-10-8-22(27)9-11-23/h2-14H,15-16H2,1H3,(H,31,32,34). The maximum Gasteiger partial charge on any atom is 0.416 e. The number of hydrogen-bond acceptors (Lipinski definition) is 3. The van der Waals surface area contributed by atoms with E-state index < -0.39 is 11.7 Å². The fraction of sp³-hybridized carbons (Fsp3) is 0.154. The smallest absolute Gasteiger partial charge is 0.416 e. The molecule has 5 nitrogen and oxygen atoms in total. The highest BCUT2D eigenvalue weighted by atomic mass is 79.9. The number of halogens is 4. The van der Waals surface area contributed by atoms with Gasteiger partial charge in [0, 0.05) is 21.8 Å². The molecule has 4 aromatic rings. The summed E-state index contributed by atoms with van der Waals surface area (Å²) in [5.41, 5.74) is 1.72. The topological polar surface area (TPSA) is 56.1 Å². The van der Waals surface area contributed by atoms with E-state index in [-0.39, 0.29) is 12.5 Å². The average molecular weight is 544 g/mol. The average Bonchev–Trinajstić information content (AvgIpc) is 3.16. The second-order valence-corrected chi connectivity index (χ2v) is 8.84. The Labute approximate surface area is 208 Å². The summed E-state index contributed by atoms with van der Waals surface area (Å²) in [6.07, 6.45) is -4.41. The molecule has 0 spiro atoms. The van der Waals surface area contributed by atoms with E-state index in [0.717, 1.165) is 22.2 Å². The number of nitrogens with zero attached hydrogens (tertiary/aromatic N) is 2. The first kappa shape index (κ1) is 24.5. The maximum atomic E-state index is 13.0. The molecule has 180 valence electrons. The molecule has 0 radical (unpaired) electrons. The molecular formula is C26H21BrF3N3O2. The highest BCUT2D eigenvalue weighted by Crippen LogP contribution is 2.29. The largest absolute Gasteiger partial charge is 0.489 e. The van der Waals surface area contributed by atoms with Crippen molar-refractivity contribution in [3.8, 4) is 5.75 Å². The normalized spacial score (nSPS) is 11.3. The molecule has 1 aromatic heterocycles. The Morgan fingerprint density at radius 1 is 1.00 bits per heavy atom. The van der Waals surface area contributed by atoms with Gasteiger partial charge in [0.25, 0.3) is 5.91 Å². The molecule has 35 heavy (non-hydrogen) atoms. The highest BCUT2D eigenvalue weighted by Gasteiger charge is 2.30. The summed E-state index contributed by atoms with van der Waals surface area (Å²) < 4.78 is 47.2. The van der Waals surface area contributed by atoms with Gasteiger partial charge in [-0.05, 0) is 66.6 Å². The molecule has 9 heteroatoms. The van der Waals surface area contributed by atoms with Crippen LogP contribution >= 0.6 is 15.9 Å². The molecule has 1 heterocycles. The Balaban J connectivity index is 1.41. The zero-order valence-corrected chi connectivity index (χ0v) is 20.2. The van der Waals surface area contributed by atoms with Crippen molar-refractivity contribution in [3.63, 3.8) is 0 Å². The van der Waals surface area contributed by atoms with E-state index in [1.54, 1.807) is 41.9 Å². The summed E-state index contributed by atoms with van der Waals surface area (Å²) in [4.78, 5) is 12.8. The van der Waals surface area contributed by atoms with Crippen LogP contribution in [-0.4, -0.2) is 15.7 Å². The number of amides is 1. The predicted octanol–water partition coefficient (Wildman–Crippen LogP) is 6.85. The highest BCUT2D eigenvalue weighted by molar-refractivity contribution is 9.10. The molecule has 1 amide bonds. The van der Waals surface area contributed by atoms with Gasteiger partial charge in [0.15, 0.2) is 5.82 Å². The maximum absolute atomic E-state index is 13.0. The number of carbonyl (C=O) groups excluding carboxylic acids is 1. The van der Waals surface area contributed by atoms with Crippen LogP contribution in [0.2, 0.25) is 0 Å². The summed E-state index contributed by atoms with van der Waals surface area (Å²) in [6.45, 7) is 2.22. The van der Waals surface area contributed by atoms with E-state index in [1.165, 1.54) is 6.07 Å². The lowest BCUT2D eigenvalue weighted by molar-refractivity contribution is -0.137. The lowest BCUT2D eigenvalue weighted by Crippen LogP contribution is -2.13. The lowest BCUT2D eigenvalue weighted by Gasteiger charge is -2.10. The van der Waals surface area contributed by atoms with Crippen LogP contribution in [0, 0.1) is 6.92 Å². The zero-order valence-electron chi connectivity index (χ0n) is 18.6. The van der Waals surface area contributed by atoms with Crippen LogP contribution in [0.5, 0.6) is 5.75 Å². The number of benzene rings is 3. The van der Waals surface area contributed by atoms with Gasteiger partial charge in [-0.1, -0.05) is 40.2 Å². The molecule has 4 rings (SSSR count). The van der Waals surface area contributed by atoms with Crippen molar-refractivity contribution in [2.24, 2.45) is 0 Å². The Morgan fingerprint density at radius 2 is 1.71 bits per heavy atom. The summed E-state index contributed by atoms with van der Waals surface area (Å²) in [5.74, 6) is 0.681. The van der Waals surface area contributed by atoms with Crippen molar-refractivity contribution in [3.05, 3.63) is 111 Å². The van der Waals surface area contributed by atoms with Crippen molar-refractivity contribution < 1.29 is 22.7 Å². The van der Waals surface area contributed by atoms with Gasteiger partial charge in [-0.3, -0.25) is 9.48 Å². The van der Waals surface area contributed by atoms with E-state index in [1.807, 2.05) is 30.3 Å². The van der Waals surface area contributed by atoms with Gasteiger partial charge in [-0.15, -0.1) is 0 Å². The molecular weight excluding hydrogens is 523 g/mol. The third-order valence-corrected chi connectivity index (χ3v) is 5.75. The van der Waals surface area contributed by atoms with Gasteiger partial charge in [0.1, 0.15) is 12.4 Å². The van der Waals surface area contributed by atoms with Gasteiger partial charge in [0.05, 0.1) is 12.1 Å². The van der Waals surface area contributed by atoms with Crippen LogP contribution in [0.4, 0.5) is 19.0 Å². The number of alkyl halides is 3. The van der Waals surface area contributed by atoms with Crippen LogP contribution < -0.4 is 10.1 Å². The molecule has 3 aromatic carbocycles. The number of aryl methyl sites for hydroxylation is 1. The number of carbonyl (C=O) groups is 1. The number of nitrogens with one attached hydrogen (secondary N) is 1. The second kappa shape index (κ2) is 10.4. The van der Waals surface area contributed by atoms with Crippen molar-refractivity contribution in [1.29, 1.82) is 0 Å². The molecule has 0 atom stereocenters. The number of hydrogen-bond donors (Lipinski definition) is 1. The first-order valence-corrected chi connectivity index (χ1v) is 11.5. The fourth-order valence-electron chi connectivity index (χ4n) is 3.44. The Hall–Kier alpha value is -3.59. The minimum absolute atomic E-state index is 0.147. The number of rotatable bonds is 7. The Bertz CT molecular complexity index is 1330. The van der Waals surface area contributed by atoms with Crippen molar-refractivity contribution >= 4 is 27.7 Å². The molecule has 0 bridgehead atoms. The minimum atomic E-state index is -4.41. The Kier molecular flexibility index (Phi) is 7.25. The van der Waals surface area contributed by atoms with Crippen molar-refractivity contribution in [1.82, 2.24) is 9.78 Å². The van der Waals surface area contributed by atoms with Gasteiger partial charge in [0.2, 0.25) is 0 Å². The van der Waals surface area contributed by atoms with Crippen molar-refractivity contribution in [2.45, 2.75) is 26.3 Å². The number of ether oxygens (including phenoxy) is 1. The minimum Gasteiger partial charge on any atom is -0.489 e. The molecule has 0 saturated carbocycles. The molecule has 0 aliphatic rings.